The first-order chi connectivity index (χ1) is 4.70. The lowest BCUT2D eigenvalue weighted by molar-refractivity contribution is 0.104. The van der Waals surface area contributed by atoms with Gasteiger partial charge in [0, 0.05) is 11.4 Å². The van der Waals surface area contributed by atoms with Crippen molar-refractivity contribution < 1.29 is 4.74 Å². The van der Waals surface area contributed by atoms with Gasteiger partial charge in [0.15, 0.2) is 0 Å². The van der Waals surface area contributed by atoms with Crippen molar-refractivity contribution in [1.82, 2.24) is 0 Å². The second-order valence-electron chi connectivity index (χ2n) is 3.14. The summed E-state index contributed by atoms with van der Waals surface area (Å²) in [5.74, 6) is 0.786. The Morgan fingerprint density at radius 3 is 2.80 bits per heavy atom. The van der Waals surface area contributed by atoms with Crippen LogP contribution in [0.5, 0.6) is 0 Å². The van der Waals surface area contributed by atoms with Gasteiger partial charge in [0.25, 0.3) is 0 Å². The van der Waals surface area contributed by atoms with Gasteiger partial charge in [-0.2, -0.15) is 0 Å². The first-order valence-corrected chi connectivity index (χ1v) is 4.87. The predicted octanol–water partition coefficient (Wildman–Crippen LogP) is 2.58. The minimum atomic E-state index is 0.486. The minimum absolute atomic E-state index is 0.486. The Labute approximate surface area is 71.3 Å². The first kappa shape index (κ1) is 8.54. The molecule has 0 saturated carbocycles. The van der Waals surface area contributed by atoms with Crippen molar-refractivity contribution in [3.8, 4) is 0 Å². The molecule has 1 saturated heterocycles. The average molecular weight is 207 g/mol. The Morgan fingerprint density at radius 2 is 2.40 bits per heavy atom. The summed E-state index contributed by atoms with van der Waals surface area (Å²) in [5, 5.41) is 0. The van der Waals surface area contributed by atoms with Gasteiger partial charge < -0.3 is 4.74 Å². The lowest BCUT2D eigenvalue weighted by Gasteiger charge is -2.14. The highest BCUT2D eigenvalue weighted by Gasteiger charge is 2.24. The van der Waals surface area contributed by atoms with Crippen molar-refractivity contribution in [2.75, 3.05) is 6.61 Å². The minimum Gasteiger partial charge on any atom is -0.378 e. The normalized spacial score (nSPS) is 36.3. The van der Waals surface area contributed by atoms with E-state index >= 15 is 0 Å². The molecule has 0 radical (unpaired) electrons. The van der Waals surface area contributed by atoms with Crippen LogP contribution in [0.15, 0.2) is 0 Å². The highest BCUT2D eigenvalue weighted by Crippen LogP contribution is 2.26. The summed E-state index contributed by atoms with van der Waals surface area (Å²) in [4.78, 5) is 0.640. The largest absolute Gasteiger partial charge is 0.378 e. The molecule has 0 aromatic heterocycles. The third kappa shape index (κ3) is 2.24. The molecule has 0 aromatic carbocycles. The molecular formula is C8H15BrO. The van der Waals surface area contributed by atoms with Gasteiger partial charge in [-0.1, -0.05) is 22.9 Å². The van der Waals surface area contributed by atoms with Gasteiger partial charge in [-0.15, -0.1) is 0 Å². The maximum absolute atomic E-state index is 5.45. The quantitative estimate of drug-likeness (QED) is 0.632. The molecule has 2 heteroatoms. The molecule has 0 bridgehead atoms. The van der Waals surface area contributed by atoms with E-state index in [0.717, 1.165) is 12.5 Å². The lowest BCUT2D eigenvalue weighted by atomic mass is 9.97. The van der Waals surface area contributed by atoms with Crippen LogP contribution in [0.3, 0.4) is 0 Å². The fourth-order valence-electron chi connectivity index (χ4n) is 1.50. The highest BCUT2D eigenvalue weighted by molar-refractivity contribution is 9.09. The van der Waals surface area contributed by atoms with E-state index < -0.39 is 0 Å². The zero-order chi connectivity index (χ0) is 7.56. The van der Waals surface area contributed by atoms with Crippen molar-refractivity contribution in [1.29, 1.82) is 0 Å². The van der Waals surface area contributed by atoms with E-state index in [1.807, 2.05) is 0 Å². The number of alkyl halides is 1. The van der Waals surface area contributed by atoms with Gasteiger partial charge in [-0.3, -0.25) is 0 Å². The average Bonchev–Trinajstić information content (AvgIpc) is 2.15. The van der Waals surface area contributed by atoms with Crippen LogP contribution >= 0.6 is 15.9 Å². The fraction of sp³-hybridized carbons (Fsp3) is 1.00. The number of rotatable bonds is 2. The number of hydrogen-bond acceptors (Lipinski definition) is 1. The Bertz CT molecular complexity index is 103. The Hall–Kier alpha value is 0.440. The third-order valence-electron chi connectivity index (χ3n) is 2.16. The van der Waals surface area contributed by atoms with Gasteiger partial charge in [0.1, 0.15) is 0 Å². The SMILES string of the molecule is CC(Br)CC1CCOC1C. The molecule has 1 aliphatic rings. The zero-order valence-electron chi connectivity index (χ0n) is 6.64. The zero-order valence-corrected chi connectivity index (χ0v) is 8.23. The van der Waals surface area contributed by atoms with Gasteiger partial charge in [-0.25, -0.2) is 0 Å². The van der Waals surface area contributed by atoms with Crippen LogP contribution in [0.2, 0.25) is 0 Å². The summed E-state index contributed by atoms with van der Waals surface area (Å²) < 4.78 is 5.45. The molecule has 0 N–H and O–H groups in total. The Morgan fingerprint density at radius 1 is 1.70 bits per heavy atom. The molecule has 10 heavy (non-hydrogen) atoms. The van der Waals surface area contributed by atoms with E-state index in [9.17, 15) is 0 Å². The fourth-order valence-corrected chi connectivity index (χ4v) is 1.98. The van der Waals surface area contributed by atoms with Crippen molar-refractivity contribution in [2.24, 2.45) is 5.92 Å². The molecule has 1 heterocycles. The Kier molecular flexibility index (Phi) is 3.18. The summed E-state index contributed by atoms with van der Waals surface area (Å²) in [6.07, 6.45) is 2.98. The number of ether oxygens (including phenoxy) is 1. The standard InChI is InChI=1S/C8H15BrO/c1-6(9)5-8-3-4-10-7(8)2/h6-8H,3-5H2,1-2H3. The van der Waals surface area contributed by atoms with Crippen LogP contribution in [-0.2, 0) is 4.74 Å². The van der Waals surface area contributed by atoms with Crippen molar-refractivity contribution in [3.63, 3.8) is 0 Å². The topological polar surface area (TPSA) is 9.23 Å². The number of hydrogen-bond donors (Lipinski definition) is 0. The molecule has 0 aromatic rings. The van der Waals surface area contributed by atoms with Crippen LogP contribution in [0, 0.1) is 5.92 Å². The van der Waals surface area contributed by atoms with E-state index in [1.165, 1.54) is 12.8 Å². The smallest absolute Gasteiger partial charge is 0.0576 e. The molecule has 0 aliphatic carbocycles. The van der Waals surface area contributed by atoms with Crippen LogP contribution in [-0.4, -0.2) is 17.5 Å². The third-order valence-corrected chi connectivity index (χ3v) is 2.53. The molecule has 60 valence electrons. The van der Waals surface area contributed by atoms with Crippen LogP contribution in [0.4, 0.5) is 0 Å². The lowest BCUT2D eigenvalue weighted by Crippen LogP contribution is -2.14. The van der Waals surface area contributed by atoms with Crippen LogP contribution in [0.25, 0.3) is 0 Å². The predicted molar refractivity (Wildman–Crippen MR) is 46.5 cm³/mol. The molecular weight excluding hydrogens is 192 g/mol. The number of halogens is 1. The summed E-state index contributed by atoms with van der Waals surface area (Å²) in [6, 6.07) is 0. The molecule has 0 amide bonds. The van der Waals surface area contributed by atoms with Gasteiger partial charge >= 0.3 is 0 Å². The van der Waals surface area contributed by atoms with Crippen molar-refractivity contribution in [3.05, 3.63) is 0 Å². The monoisotopic (exact) mass is 206 g/mol. The molecule has 1 rings (SSSR count). The van der Waals surface area contributed by atoms with E-state index in [-0.39, 0.29) is 0 Å². The van der Waals surface area contributed by atoms with E-state index in [2.05, 4.69) is 29.8 Å². The van der Waals surface area contributed by atoms with E-state index in [0.29, 0.717) is 10.9 Å². The summed E-state index contributed by atoms with van der Waals surface area (Å²) >= 11 is 3.56. The molecule has 3 atom stereocenters. The van der Waals surface area contributed by atoms with E-state index in [1.54, 1.807) is 0 Å². The molecule has 1 aliphatic heterocycles. The molecule has 3 unspecified atom stereocenters. The summed E-state index contributed by atoms with van der Waals surface area (Å²) in [7, 11) is 0. The second-order valence-corrected chi connectivity index (χ2v) is 4.70. The highest BCUT2D eigenvalue weighted by atomic mass is 79.9. The van der Waals surface area contributed by atoms with Crippen LogP contribution in [0.1, 0.15) is 26.7 Å². The Balaban J connectivity index is 2.26. The molecule has 1 nitrogen and oxygen atoms in total. The first-order valence-electron chi connectivity index (χ1n) is 3.96. The molecule has 0 spiro atoms. The van der Waals surface area contributed by atoms with Gasteiger partial charge in [-0.05, 0) is 25.7 Å². The van der Waals surface area contributed by atoms with Crippen molar-refractivity contribution in [2.45, 2.75) is 37.6 Å². The maximum atomic E-state index is 5.45. The van der Waals surface area contributed by atoms with Gasteiger partial charge in [0.05, 0.1) is 6.10 Å². The van der Waals surface area contributed by atoms with E-state index in [4.69, 9.17) is 4.74 Å². The summed E-state index contributed by atoms with van der Waals surface area (Å²) in [5.41, 5.74) is 0. The molecule has 1 fully saturated rings. The summed E-state index contributed by atoms with van der Waals surface area (Å²) in [6.45, 7) is 5.34. The van der Waals surface area contributed by atoms with Crippen molar-refractivity contribution >= 4 is 15.9 Å². The second kappa shape index (κ2) is 3.72. The maximum Gasteiger partial charge on any atom is 0.0576 e. The van der Waals surface area contributed by atoms with Gasteiger partial charge in [0.2, 0.25) is 0 Å². The van der Waals surface area contributed by atoms with Crippen LogP contribution < -0.4 is 0 Å².